The fraction of sp³-hybridized carbons (Fsp3) is 0.238. The summed E-state index contributed by atoms with van der Waals surface area (Å²) in [6, 6.07) is 4.92. The molecule has 186 valence electrons. The molecule has 5 rings (SSSR count). The van der Waals surface area contributed by atoms with Gasteiger partial charge in [-0.1, -0.05) is 6.07 Å². The highest BCUT2D eigenvalue weighted by molar-refractivity contribution is 6.02. The van der Waals surface area contributed by atoms with E-state index in [1.54, 1.807) is 0 Å². The Balaban J connectivity index is 1.52. The first-order valence-corrected chi connectivity index (χ1v) is 10.4. The minimum atomic E-state index is -4.73. The summed E-state index contributed by atoms with van der Waals surface area (Å²) in [5.41, 5.74) is 8.90. The summed E-state index contributed by atoms with van der Waals surface area (Å²) in [4.78, 5) is 20.4. The molecule has 1 aliphatic carbocycles. The van der Waals surface area contributed by atoms with Gasteiger partial charge in [0.25, 0.3) is 0 Å². The van der Waals surface area contributed by atoms with Crippen LogP contribution in [0.4, 0.5) is 39.3 Å². The third-order valence-corrected chi connectivity index (χ3v) is 5.93. The molecular formula is C21H16F5N9O. The number of nitrogens with one attached hydrogen (secondary N) is 1. The van der Waals surface area contributed by atoms with Gasteiger partial charge in [0.1, 0.15) is 28.4 Å². The number of amides is 1. The highest BCUT2D eigenvalue weighted by Gasteiger charge is 2.68. The molecule has 1 aromatic carbocycles. The molecule has 4 aromatic rings. The Labute approximate surface area is 198 Å². The van der Waals surface area contributed by atoms with Crippen LogP contribution in [-0.2, 0) is 11.3 Å². The fourth-order valence-electron chi connectivity index (χ4n) is 3.76. The van der Waals surface area contributed by atoms with Crippen molar-refractivity contribution >= 4 is 34.3 Å². The number of anilines is 3. The van der Waals surface area contributed by atoms with Crippen LogP contribution in [0.2, 0.25) is 0 Å². The van der Waals surface area contributed by atoms with E-state index < -0.39 is 40.8 Å². The van der Waals surface area contributed by atoms with E-state index in [4.69, 9.17) is 11.5 Å². The van der Waals surface area contributed by atoms with Gasteiger partial charge in [0, 0.05) is 5.56 Å². The van der Waals surface area contributed by atoms with E-state index in [1.807, 2.05) is 0 Å². The third kappa shape index (κ3) is 3.72. The number of nitrogen functional groups attached to an aromatic ring is 2. The van der Waals surface area contributed by atoms with Gasteiger partial charge >= 0.3 is 6.18 Å². The Bertz CT molecular complexity index is 1470. The minimum absolute atomic E-state index is 0.0712. The Morgan fingerprint density at radius 2 is 1.72 bits per heavy atom. The smallest absolute Gasteiger partial charge is 0.382 e. The lowest BCUT2D eigenvalue weighted by Crippen LogP contribution is -2.37. The number of carbonyl (C=O) groups excluding carboxylic acids is 1. The van der Waals surface area contributed by atoms with Crippen molar-refractivity contribution in [2.24, 2.45) is 5.41 Å². The number of rotatable bonds is 5. The van der Waals surface area contributed by atoms with E-state index in [9.17, 15) is 26.7 Å². The van der Waals surface area contributed by atoms with Crippen molar-refractivity contribution < 1.29 is 26.7 Å². The average Bonchev–Trinajstić information content (AvgIpc) is 3.57. The molecule has 0 atom stereocenters. The van der Waals surface area contributed by atoms with E-state index in [1.165, 1.54) is 23.0 Å². The van der Waals surface area contributed by atoms with E-state index in [0.717, 1.165) is 12.1 Å². The first-order chi connectivity index (χ1) is 17.0. The summed E-state index contributed by atoms with van der Waals surface area (Å²) in [7, 11) is 0. The van der Waals surface area contributed by atoms with Crippen molar-refractivity contribution in [1.29, 1.82) is 0 Å². The topological polar surface area (TPSA) is 151 Å². The first kappa shape index (κ1) is 23.3. The molecule has 1 fully saturated rings. The van der Waals surface area contributed by atoms with E-state index in [-0.39, 0.29) is 47.8 Å². The first-order valence-electron chi connectivity index (χ1n) is 10.4. The summed E-state index contributed by atoms with van der Waals surface area (Å²) in [6.45, 7) is -0.341. The van der Waals surface area contributed by atoms with Gasteiger partial charge in [0.05, 0.1) is 18.1 Å². The molecule has 0 saturated heterocycles. The van der Waals surface area contributed by atoms with Crippen LogP contribution in [0.3, 0.4) is 0 Å². The van der Waals surface area contributed by atoms with Gasteiger partial charge in [0.2, 0.25) is 5.91 Å². The van der Waals surface area contributed by atoms with Crippen LogP contribution in [0, 0.1) is 17.0 Å². The zero-order valence-corrected chi connectivity index (χ0v) is 18.1. The number of fused-ring (bicyclic) bond motifs is 1. The molecule has 0 bridgehead atoms. The summed E-state index contributed by atoms with van der Waals surface area (Å²) >= 11 is 0. The second-order valence-corrected chi connectivity index (χ2v) is 8.20. The standard InChI is InChI=1S/C21H16F5N9O/c22-11-2-1-3-12(23)10(11)8-35-18-9(4-7-29-33-18)13(34-35)17-31-15(27)14(16(28)32-17)30-19(36)20(5-6-20)21(24,25)26/h1-4,7H,5-6,8H2,(H,30,36)(H4,27,28,31,32). The van der Waals surface area contributed by atoms with Crippen LogP contribution in [0.15, 0.2) is 30.5 Å². The summed E-state index contributed by atoms with van der Waals surface area (Å²) < 4.78 is 69.4. The van der Waals surface area contributed by atoms with Crippen LogP contribution in [0.5, 0.6) is 0 Å². The summed E-state index contributed by atoms with van der Waals surface area (Å²) in [5.74, 6) is -3.82. The van der Waals surface area contributed by atoms with E-state index in [0.29, 0.717) is 5.39 Å². The van der Waals surface area contributed by atoms with Crippen LogP contribution in [0.1, 0.15) is 18.4 Å². The van der Waals surface area contributed by atoms with E-state index in [2.05, 4.69) is 30.6 Å². The molecule has 3 aromatic heterocycles. The quantitative estimate of drug-likeness (QED) is 0.350. The van der Waals surface area contributed by atoms with E-state index >= 15 is 0 Å². The molecule has 3 heterocycles. The van der Waals surface area contributed by atoms with Crippen molar-refractivity contribution in [2.75, 3.05) is 16.8 Å². The number of aromatic nitrogens is 6. The summed E-state index contributed by atoms with van der Waals surface area (Å²) in [6.07, 6.45) is -4.09. The van der Waals surface area contributed by atoms with Gasteiger partial charge in [-0.25, -0.2) is 23.4 Å². The predicted octanol–water partition coefficient (Wildman–Crippen LogP) is 3.06. The lowest BCUT2D eigenvalue weighted by atomic mass is 10.1. The maximum Gasteiger partial charge on any atom is 0.403 e. The molecule has 1 saturated carbocycles. The molecule has 10 nitrogen and oxygen atoms in total. The molecule has 0 unspecified atom stereocenters. The van der Waals surface area contributed by atoms with Crippen LogP contribution >= 0.6 is 0 Å². The molecule has 1 amide bonds. The van der Waals surface area contributed by atoms with Crippen molar-refractivity contribution in [3.8, 4) is 11.5 Å². The minimum Gasteiger partial charge on any atom is -0.382 e. The van der Waals surface area contributed by atoms with Crippen molar-refractivity contribution in [3.63, 3.8) is 0 Å². The number of nitrogens with zero attached hydrogens (tertiary/aromatic N) is 6. The number of hydrogen-bond donors (Lipinski definition) is 3. The van der Waals surface area contributed by atoms with Gasteiger partial charge in [0.15, 0.2) is 23.1 Å². The number of alkyl halides is 3. The monoisotopic (exact) mass is 505 g/mol. The molecular weight excluding hydrogens is 489 g/mol. The molecule has 0 spiro atoms. The highest BCUT2D eigenvalue weighted by Crippen LogP contribution is 2.58. The Kier molecular flexibility index (Phi) is 5.22. The Morgan fingerprint density at radius 1 is 1.08 bits per heavy atom. The fourth-order valence-corrected chi connectivity index (χ4v) is 3.76. The number of nitrogens with two attached hydrogens (primary N) is 2. The lowest BCUT2D eigenvalue weighted by Gasteiger charge is -2.19. The lowest BCUT2D eigenvalue weighted by molar-refractivity contribution is -0.189. The highest BCUT2D eigenvalue weighted by atomic mass is 19.4. The van der Waals surface area contributed by atoms with Crippen LogP contribution < -0.4 is 16.8 Å². The predicted molar refractivity (Wildman–Crippen MR) is 117 cm³/mol. The van der Waals surface area contributed by atoms with Crippen molar-refractivity contribution in [2.45, 2.75) is 25.6 Å². The normalized spacial score (nSPS) is 14.7. The summed E-state index contributed by atoms with van der Waals surface area (Å²) in [5, 5.41) is 14.5. The molecule has 0 radical (unpaired) electrons. The Morgan fingerprint density at radius 3 is 2.31 bits per heavy atom. The third-order valence-electron chi connectivity index (χ3n) is 5.93. The number of halogens is 5. The Hall–Kier alpha value is -4.43. The van der Waals surface area contributed by atoms with Crippen molar-refractivity contribution in [3.05, 3.63) is 47.7 Å². The largest absolute Gasteiger partial charge is 0.403 e. The van der Waals surface area contributed by atoms with Crippen LogP contribution in [0.25, 0.3) is 22.6 Å². The second-order valence-electron chi connectivity index (χ2n) is 8.20. The second kappa shape index (κ2) is 8.07. The SMILES string of the molecule is Nc1nc(-c2nn(Cc3c(F)cccc3F)c3nnccc23)nc(N)c1NC(=O)C1(C(F)(F)F)CC1. The molecule has 15 heteroatoms. The zero-order chi connectivity index (χ0) is 25.8. The average molecular weight is 505 g/mol. The van der Waals surface area contributed by atoms with Gasteiger partial charge in [-0.15, -0.1) is 5.10 Å². The maximum absolute atomic E-state index is 14.2. The number of carbonyl (C=O) groups is 1. The van der Waals surface area contributed by atoms with Gasteiger partial charge < -0.3 is 16.8 Å². The zero-order valence-electron chi connectivity index (χ0n) is 18.1. The molecule has 0 aliphatic heterocycles. The molecule has 1 aliphatic rings. The van der Waals surface area contributed by atoms with Crippen LogP contribution in [-0.4, -0.2) is 42.0 Å². The van der Waals surface area contributed by atoms with Gasteiger partial charge in [-0.3, -0.25) is 4.79 Å². The number of benzene rings is 1. The molecule has 36 heavy (non-hydrogen) atoms. The van der Waals surface area contributed by atoms with Gasteiger partial charge in [-0.2, -0.15) is 23.4 Å². The van der Waals surface area contributed by atoms with Gasteiger partial charge in [-0.05, 0) is 31.0 Å². The maximum atomic E-state index is 14.2. The molecule has 5 N–H and O–H groups in total. The van der Waals surface area contributed by atoms with Crippen molar-refractivity contribution in [1.82, 2.24) is 29.9 Å². The number of hydrogen-bond acceptors (Lipinski definition) is 8.